The van der Waals surface area contributed by atoms with E-state index < -0.39 is 11.7 Å². The number of likely N-dealkylation sites (tertiary alicyclic amines) is 1. The first-order valence-electron chi connectivity index (χ1n) is 13.7. The standard InChI is InChI=1S/C27H33F3N8O2/c1-17(39)36-10-12-37(13-11-36)25-19-7-9-38(24-20-14-31-34-22(20)6-5-21(24)27(28,29)30)15-23(19)32-26(33-25)40-16-18-4-3-8-35(18)2/h5-6,14,18H,3-4,7-13,15-16H2,1-2H3,(H,31,34)/t18-/m0/s1. The Balaban J connectivity index is 1.35. The highest BCUT2D eigenvalue weighted by molar-refractivity contribution is 5.94. The third-order valence-electron chi connectivity index (χ3n) is 8.34. The number of aromatic nitrogens is 4. The Morgan fingerprint density at radius 2 is 1.90 bits per heavy atom. The number of alkyl halides is 3. The summed E-state index contributed by atoms with van der Waals surface area (Å²) in [5, 5.41) is 7.21. The van der Waals surface area contributed by atoms with Crippen molar-refractivity contribution in [1.82, 2.24) is 30.0 Å². The number of piperazine rings is 1. The molecule has 0 spiro atoms. The average Bonchev–Trinajstić information content (AvgIpc) is 3.58. The van der Waals surface area contributed by atoms with Crippen LogP contribution in [0.25, 0.3) is 10.9 Å². The number of nitrogens with zero attached hydrogens (tertiary/aromatic N) is 7. The van der Waals surface area contributed by atoms with Crippen LogP contribution in [0.4, 0.5) is 24.7 Å². The fourth-order valence-corrected chi connectivity index (χ4v) is 6.07. The number of hydrogen-bond donors (Lipinski definition) is 1. The van der Waals surface area contributed by atoms with Crippen LogP contribution in [0, 0.1) is 0 Å². The van der Waals surface area contributed by atoms with Crippen LogP contribution in [-0.2, 0) is 23.9 Å². The smallest absolute Gasteiger partial charge is 0.418 e. The summed E-state index contributed by atoms with van der Waals surface area (Å²) >= 11 is 0. The summed E-state index contributed by atoms with van der Waals surface area (Å²) in [6.45, 7) is 5.99. The molecule has 1 aromatic carbocycles. The number of H-pyrrole nitrogens is 1. The van der Waals surface area contributed by atoms with Gasteiger partial charge in [-0.05, 0) is 45.0 Å². The quantitative estimate of drug-likeness (QED) is 0.511. The molecule has 2 aromatic heterocycles. The van der Waals surface area contributed by atoms with E-state index in [1.807, 2.05) is 4.90 Å². The Morgan fingerprint density at radius 3 is 2.60 bits per heavy atom. The molecule has 2 fully saturated rings. The lowest BCUT2D eigenvalue weighted by Crippen LogP contribution is -2.49. The topological polar surface area (TPSA) is 93.7 Å². The molecule has 40 heavy (non-hydrogen) atoms. The minimum absolute atomic E-state index is 0.0404. The van der Waals surface area contributed by atoms with Gasteiger partial charge < -0.3 is 24.3 Å². The van der Waals surface area contributed by atoms with E-state index in [9.17, 15) is 18.0 Å². The SMILES string of the molecule is CC(=O)N1CCN(c2nc(OC[C@@H]3CCCN3C)nc3c2CCN(c2c(C(F)(F)F)ccc4[nH]ncc24)C3)CC1. The van der Waals surface area contributed by atoms with Gasteiger partial charge in [0.25, 0.3) is 0 Å². The lowest BCUT2D eigenvalue weighted by molar-refractivity contribution is -0.137. The lowest BCUT2D eigenvalue weighted by Gasteiger charge is -2.38. The Hall–Kier alpha value is -3.61. The minimum atomic E-state index is -4.52. The van der Waals surface area contributed by atoms with Gasteiger partial charge in [0, 0.05) is 56.6 Å². The Kier molecular flexibility index (Phi) is 6.93. The monoisotopic (exact) mass is 558 g/mol. The zero-order chi connectivity index (χ0) is 28.0. The van der Waals surface area contributed by atoms with Crippen molar-refractivity contribution in [3.05, 3.63) is 35.2 Å². The molecule has 13 heteroatoms. The van der Waals surface area contributed by atoms with Crippen molar-refractivity contribution in [3.63, 3.8) is 0 Å². The Labute approximate surface area is 230 Å². The second-order valence-corrected chi connectivity index (χ2v) is 10.8. The van der Waals surface area contributed by atoms with Gasteiger partial charge in [-0.15, -0.1) is 0 Å². The zero-order valence-corrected chi connectivity index (χ0v) is 22.7. The number of hydrogen-bond acceptors (Lipinski definition) is 8. The molecule has 3 aliphatic rings. The van der Waals surface area contributed by atoms with Crippen LogP contribution in [0.5, 0.6) is 6.01 Å². The van der Waals surface area contributed by atoms with Crippen LogP contribution in [0.3, 0.4) is 0 Å². The molecule has 6 rings (SSSR count). The average molecular weight is 559 g/mol. The molecule has 1 N–H and O–H groups in total. The van der Waals surface area contributed by atoms with E-state index in [1.54, 1.807) is 11.8 Å². The number of likely N-dealkylation sites (N-methyl/N-ethyl adjacent to an activating group) is 1. The normalized spacial score (nSPS) is 20.3. The number of nitrogens with one attached hydrogen (secondary N) is 1. The lowest BCUT2D eigenvalue weighted by atomic mass is 10.0. The van der Waals surface area contributed by atoms with Gasteiger partial charge in [-0.3, -0.25) is 9.89 Å². The summed E-state index contributed by atoms with van der Waals surface area (Å²) in [5.41, 5.74) is 1.54. The molecule has 10 nitrogen and oxygen atoms in total. The van der Waals surface area contributed by atoms with Crippen molar-refractivity contribution in [2.24, 2.45) is 0 Å². The molecule has 2 saturated heterocycles. The number of anilines is 2. The number of carbonyl (C=O) groups excluding carboxylic acids is 1. The molecule has 5 heterocycles. The van der Waals surface area contributed by atoms with Gasteiger partial charge in [-0.25, -0.2) is 0 Å². The third-order valence-corrected chi connectivity index (χ3v) is 8.34. The van der Waals surface area contributed by atoms with Crippen molar-refractivity contribution in [2.75, 3.05) is 62.7 Å². The van der Waals surface area contributed by atoms with Crippen LogP contribution < -0.4 is 14.5 Å². The van der Waals surface area contributed by atoms with E-state index >= 15 is 0 Å². The highest BCUT2D eigenvalue weighted by Crippen LogP contribution is 2.42. The van der Waals surface area contributed by atoms with E-state index in [0.717, 1.165) is 36.8 Å². The van der Waals surface area contributed by atoms with Gasteiger partial charge in [0.1, 0.15) is 12.4 Å². The van der Waals surface area contributed by atoms with Gasteiger partial charge in [0.2, 0.25) is 5.91 Å². The van der Waals surface area contributed by atoms with Gasteiger partial charge in [0.15, 0.2) is 0 Å². The second-order valence-electron chi connectivity index (χ2n) is 10.8. The molecular formula is C27H33F3N8O2. The van der Waals surface area contributed by atoms with E-state index in [1.165, 1.54) is 12.3 Å². The first-order chi connectivity index (χ1) is 19.2. The van der Waals surface area contributed by atoms with E-state index in [2.05, 4.69) is 27.0 Å². The second kappa shape index (κ2) is 10.4. The van der Waals surface area contributed by atoms with Crippen molar-refractivity contribution in [1.29, 1.82) is 0 Å². The minimum Gasteiger partial charge on any atom is -0.462 e. The summed E-state index contributed by atoms with van der Waals surface area (Å²) in [6, 6.07) is 3.03. The summed E-state index contributed by atoms with van der Waals surface area (Å²) in [6.07, 6.45) is -0.450. The van der Waals surface area contributed by atoms with Crippen LogP contribution in [0.1, 0.15) is 36.6 Å². The number of fused-ring (bicyclic) bond motifs is 2. The molecule has 1 amide bonds. The molecule has 3 aliphatic heterocycles. The molecule has 0 aliphatic carbocycles. The molecule has 0 unspecified atom stereocenters. The number of rotatable bonds is 5. The molecule has 0 radical (unpaired) electrons. The first kappa shape index (κ1) is 26.6. The molecule has 214 valence electrons. The molecular weight excluding hydrogens is 525 g/mol. The zero-order valence-electron chi connectivity index (χ0n) is 22.7. The Bertz CT molecular complexity index is 1400. The van der Waals surface area contributed by atoms with Crippen LogP contribution in [0.2, 0.25) is 0 Å². The number of ether oxygens (including phenoxy) is 1. The van der Waals surface area contributed by atoms with Gasteiger partial charge >= 0.3 is 12.2 Å². The maximum absolute atomic E-state index is 14.1. The highest BCUT2D eigenvalue weighted by Gasteiger charge is 2.38. The van der Waals surface area contributed by atoms with Gasteiger partial charge in [0.05, 0.1) is 35.2 Å². The fourth-order valence-electron chi connectivity index (χ4n) is 6.07. The summed E-state index contributed by atoms with van der Waals surface area (Å²) in [5.74, 6) is 0.791. The fraction of sp³-hybridized carbons (Fsp3) is 0.556. The van der Waals surface area contributed by atoms with Crippen LogP contribution in [-0.4, -0.2) is 94.8 Å². The predicted molar refractivity (Wildman–Crippen MR) is 143 cm³/mol. The number of halogens is 3. The summed E-state index contributed by atoms with van der Waals surface area (Å²) in [7, 11) is 2.07. The third kappa shape index (κ3) is 5.02. The van der Waals surface area contributed by atoms with Crippen LogP contribution >= 0.6 is 0 Å². The van der Waals surface area contributed by atoms with Crippen molar-refractivity contribution >= 4 is 28.3 Å². The van der Waals surface area contributed by atoms with E-state index in [4.69, 9.17) is 14.7 Å². The number of benzene rings is 1. The van der Waals surface area contributed by atoms with Gasteiger partial charge in [-0.1, -0.05) is 0 Å². The molecule has 3 aromatic rings. The number of aromatic amines is 1. The van der Waals surface area contributed by atoms with E-state index in [0.29, 0.717) is 62.3 Å². The first-order valence-corrected chi connectivity index (χ1v) is 13.7. The van der Waals surface area contributed by atoms with Crippen LogP contribution in [0.15, 0.2) is 18.3 Å². The van der Waals surface area contributed by atoms with Crippen molar-refractivity contribution in [3.8, 4) is 6.01 Å². The number of amides is 1. The Morgan fingerprint density at radius 1 is 1.10 bits per heavy atom. The van der Waals surface area contributed by atoms with Crippen molar-refractivity contribution in [2.45, 2.75) is 44.9 Å². The highest BCUT2D eigenvalue weighted by atomic mass is 19.4. The summed E-state index contributed by atoms with van der Waals surface area (Å²) in [4.78, 5) is 29.4. The molecule has 0 bridgehead atoms. The van der Waals surface area contributed by atoms with Gasteiger partial charge in [-0.2, -0.15) is 28.2 Å². The summed E-state index contributed by atoms with van der Waals surface area (Å²) < 4.78 is 48.5. The number of carbonyl (C=O) groups is 1. The maximum atomic E-state index is 14.1. The maximum Gasteiger partial charge on any atom is 0.418 e. The predicted octanol–water partition coefficient (Wildman–Crippen LogP) is 3.08. The van der Waals surface area contributed by atoms with E-state index in [-0.39, 0.29) is 30.2 Å². The molecule has 1 atom stereocenters. The van der Waals surface area contributed by atoms with Crippen molar-refractivity contribution < 1.29 is 22.7 Å². The largest absolute Gasteiger partial charge is 0.462 e. The molecule has 0 saturated carbocycles.